The number of hydrogen-bond donors (Lipinski definition) is 2. The molecule has 1 amide bonds. The van der Waals surface area contributed by atoms with Crippen LogP contribution in [0.1, 0.15) is 11.1 Å². The Morgan fingerprint density at radius 3 is 2.24 bits per heavy atom. The summed E-state index contributed by atoms with van der Waals surface area (Å²) in [6, 6.07) is 11.1. The van der Waals surface area contributed by atoms with E-state index in [1.807, 2.05) is 26.0 Å². The fourth-order valence-electron chi connectivity index (χ4n) is 2.04. The van der Waals surface area contributed by atoms with Crippen molar-refractivity contribution in [3.05, 3.63) is 57.6 Å². The normalized spacial score (nSPS) is 10.3. The summed E-state index contributed by atoms with van der Waals surface area (Å²) in [7, 11) is 0. The van der Waals surface area contributed by atoms with Crippen molar-refractivity contribution in [3.63, 3.8) is 0 Å². The monoisotopic (exact) mass is 322 g/mol. The van der Waals surface area contributed by atoms with Gasteiger partial charge in [0, 0.05) is 11.4 Å². The van der Waals surface area contributed by atoms with Crippen LogP contribution in [0.4, 0.5) is 11.4 Å². The number of nitrogens with one attached hydrogen (secondary N) is 2. The summed E-state index contributed by atoms with van der Waals surface area (Å²) in [6.45, 7) is 4.23. The van der Waals surface area contributed by atoms with E-state index in [-0.39, 0.29) is 12.5 Å². The topological polar surface area (TPSA) is 41.1 Å². The summed E-state index contributed by atoms with van der Waals surface area (Å²) >= 11 is 11.7. The van der Waals surface area contributed by atoms with E-state index < -0.39 is 0 Å². The molecule has 2 rings (SSSR count). The molecule has 0 aromatic heterocycles. The Hall–Kier alpha value is -1.71. The summed E-state index contributed by atoms with van der Waals surface area (Å²) < 4.78 is 0. The van der Waals surface area contributed by atoms with Crippen LogP contribution >= 0.6 is 23.2 Å². The first-order valence-electron chi connectivity index (χ1n) is 6.51. The van der Waals surface area contributed by atoms with Gasteiger partial charge in [0.25, 0.3) is 0 Å². The third-order valence-electron chi connectivity index (χ3n) is 2.88. The third-order valence-corrected chi connectivity index (χ3v) is 3.62. The lowest BCUT2D eigenvalue weighted by Crippen LogP contribution is -2.21. The first-order chi connectivity index (χ1) is 9.94. The molecule has 110 valence electrons. The molecule has 0 saturated carbocycles. The third kappa shape index (κ3) is 4.66. The van der Waals surface area contributed by atoms with Gasteiger partial charge in [-0.25, -0.2) is 0 Å². The summed E-state index contributed by atoms with van der Waals surface area (Å²) in [6.07, 6.45) is 0. The van der Waals surface area contributed by atoms with Crippen LogP contribution in [0, 0.1) is 13.8 Å². The molecule has 0 heterocycles. The number of carbonyl (C=O) groups is 1. The van der Waals surface area contributed by atoms with Crippen molar-refractivity contribution in [2.24, 2.45) is 0 Å². The highest BCUT2D eigenvalue weighted by atomic mass is 35.5. The maximum absolute atomic E-state index is 11.9. The van der Waals surface area contributed by atoms with Crippen LogP contribution in [-0.2, 0) is 4.79 Å². The van der Waals surface area contributed by atoms with E-state index in [4.69, 9.17) is 23.2 Å². The molecule has 0 aliphatic rings. The highest BCUT2D eigenvalue weighted by molar-refractivity contribution is 6.42. The lowest BCUT2D eigenvalue weighted by atomic mass is 10.1. The fraction of sp³-hybridized carbons (Fsp3) is 0.188. The average Bonchev–Trinajstić information content (AvgIpc) is 2.40. The molecule has 3 nitrogen and oxygen atoms in total. The van der Waals surface area contributed by atoms with Gasteiger partial charge in [-0.1, -0.05) is 29.3 Å². The average molecular weight is 323 g/mol. The van der Waals surface area contributed by atoms with Gasteiger partial charge in [0.1, 0.15) is 0 Å². The van der Waals surface area contributed by atoms with Gasteiger partial charge in [0.2, 0.25) is 5.91 Å². The van der Waals surface area contributed by atoms with Gasteiger partial charge in [0.15, 0.2) is 0 Å². The van der Waals surface area contributed by atoms with E-state index in [9.17, 15) is 4.79 Å². The van der Waals surface area contributed by atoms with Crippen LogP contribution in [0.15, 0.2) is 36.4 Å². The second kappa shape index (κ2) is 6.83. The Morgan fingerprint density at radius 2 is 1.62 bits per heavy atom. The molecular formula is C16H16Cl2N2O. The Balaban J connectivity index is 1.94. The maximum atomic E-state index is 11.9. The first-order valence-corrected chi connectivity index (χ1v) is 7.27. The molecule has 0 unspecified atom stereocenters. The van der Waals surface area contributed by atoms with Crippen molar-refractivity contribution in [2.45, 2.75) is 13.8 Å². The van der Waals surface area contributed by atoms with Crippen LogP contribution in [-0.4, -0.2) is 12.5 Å². The van der Waals surface area contributed by atoms with Gasteiger partial charge in [-0.05, 0) is 55.3 Å². The Bertz CT molecular complexity index is 651. The minimum absolute atomic E-state index is 0.146. The van der Waals surface area contributed by atoms with Crippen LogP contribution in [0.3, 0.4) is 0 Å². The Labute approximate surface area is 134 Å². The van der Waals surface area contributed by atoms with E-state index in [2.05, 4.69) is 16.7 Å². The highest BCUT2D eigenvalue weighted by Crippen LogP contribution is 2.24. The van der Waals surface area contributed by atoms with Gasteiger partial charge in [0.05, 0.1) is 16.6 Å². The number of halogens is 2. The zero-order valence-electron chi connectivity index (χ0n) is 11.8. The van der Waals surface area contributed by atoms with Crippen molar-refractivity contribution >= 4 is 40.5 Å². The highest BCUT2D eigenvalue weighted by Gasteiger charge is 2.05. The molecule has 0 aliphatic carbocycles. The van der Waals surface area contributed by atoms with Crippen molar-refractivity contribution in [1.82, 2.24) is 0 Å². The second-order valence-electron chi connectivity index (χ2n) is 4.91. The van der Waals surface area contributed by atoms with Crippen LogP contribution in [0.2, 0.25) is 10.0 Å². The number of hydrogen-bond acceptors (Lipinski definition) is 2. The van der Waals surface area contributed by atoms with Crippen LogP contribution in [0.5, 0.6) is 0 Å². The molecule has 0 atom stereocenters. The Kier molecular flexibility index (Phi) is 5.10. The molecule has 2 aromatic carbocycles. The molecule has 0 saturated heterocycles. The Morgan fingerprint density at radius 1 is 0.952 bits per heavy atom. The number of amides is 1. The number of anilines is 2. The number of benzene rings is 2. The molecule has 0 fully saturated rings. The first kappa shape index (κ1) is 15.7. The summed E-state index contributed by atoms with van der Waals surface area (Å²) in [5.41, 5.74) is 3.86. The smallest absolute Gasteiger partial charge is 0.243 e. The van der Waals surface area contributed by atoms with Crippen molar-refractivity contribution in [2.75, 3.05) is 17.2 Å². The van der Waals surface area contributed by atoms with Gasteiger partial charge >= 0.3 is 0 Å². The SMILES string of the molecule is Cc1cc(C)cc(NCC(=O)Nc2ccc(Cl)c(Cl)c2)c1. The summed E-state index contributed by atoms with van der Waals surface area (Å²) in [5, 5.41) is 6.74. The molecule has 2 aromatic rings. The molecular weight excluding hydrogens is 307 g/mol. The van der Waals surface area contributed by atoms with E-state index in [1.54, 1.807) is 18.2 Å². The maximum Gasteiger partial charge on any atom is 0.243 e. The minimum atomic E-state index is -0.146. The molecule has 0 radical (unpaired) electrons. The largest absolute Gasteiger partial charge is 0.376 e. The second-order valence-corrected chi connectivity index (χ2v) is 5.72. The van der Waals surface area contributed by atoms with Gasteiger partial charge < -0.3 is 10.6 Å². The van der Waals surface area contributed by atoms with E-state index in [0.717, 1.165) is 16.8 Å². The molecule has 5 heteroatoms. The standard InChI is InChI=1S/C16H16Cl2N2O/c1-10-5-11(2)7-13(6-10)19-9-16(21)20-12-3-4-14(17)15(18)8-12/h3-8,19H,9H2,1-2H3,(H,20,21). The molecule has 21 heavy (non-hydrogen) atoms. The number of carbonyl (C=O) groups excluding carboxylic acids is 1. The van der Waals surface area contributed by atoms with Gasteiger partial charge in [-0.3, -0.25) is 4.79 Å². The van der Waals surface area contributed by atoms with E-state index in [0.29, 0.717) is 15.7 Å². The molecule has 0 aliphatic heterocycles. The lowest BCUT2D eigenvalue weighted by molar-refractivity contribution is -0.114. The fourth-order valence-corrected chi connectivity index (χ4v) is 2.34. The summed E-state index contributed by atoms with van der Waals surface area (Å²) in [4.78, 5) is 11.9. The molecule has 0 bridgehead atoms. The molecule has 2 N–H and O–H groups in total. The predicted molar refractivity (Wildman–Crippen MR) is 89.5 cm³/mol. The number of rotatable bonds is 4. The minimum Gasteiger partial charge on any atom is -0.376 e. The van der Waals surface area contributed by atoms with Crippen molar-refractivity contribution in [3.8, 4) is 0 Å². The van der Waals surface area contributed by atoms with E-state index in [1.165, 1.54) is 0 Å². The van der Waals surface area contributed by atoms with Crippen LogP contribution < -0.4 is 10.6 Å². The molecule has 0 spiro atoms. The van der Waals surface area contributed by atoms with Gasteiger partial charge in [-0.2, -0.15) is 0 Å². The van der Waals surface area contributed by atoms with Crippen molar-refractivity contribution in [1.29, 1.82) is 0 Å². The zero-order chi connectivity index (χ0) is 15.4. The number of aryl methyl sites for hydroxylation is 2. The quantitative estimate of drug-likeness (QED) is 0.859. The van der Waals surface area contributed by atoms with Gasteiger partial charge in [-0.15, -0.1) is 0 Å². The zero-order valence-corrected chi connectivity index (χ0v) is 13.3. The lowest BCUT2D eigenvalue weighted by Gasteiger charge is -2.10. The van der Waals surface area contributed by atoms with Crippen LogP contribution in [0.25, 0.3) is 0 Å². The van der Waals surface area contributed by atoms with E-state index >= 15 is 0 Å². The van der Waals surface area contributed by atoms with Crippen molar-refractivity contribution < 1.29 is 4.79 Å². The predicted octanol–water partition coefficient (Wildman–Crippen LogP) is 4.66. The summed E-state index contributed by atoms with van der Waals surface area (Å²) in [5.74, 6) is -0.146.